The lowest BCUT2D eigenvalue weighted by atomic mass is 10.1. The molecule has 1 aromatic heterocycles. The van der Waals surface area contributed by atoms with Crippen LogP contribution in [0, 0.1) is 0 Å². The van der Waals surface area contributed by atoms with Gasteiger partial charge in [-0.1, -0.05) is 30.3 Å². The molecule has 3 aromatic rings. The van der Waals surface area contributed by atoms with Crippen molar-refractivity contribution in [1.29, 1.82) is 0 Å². The summed E-state index contributed by atoms with van der Waals surface area (Å²) in [5.41, 5.74) is 9.06. The SMILES string of the molecule is COC(=O)[C@@H](N)Cc1ccc(OCCNC(=O)c2ccc(-c3ccccn3)cc2)cc1. The molecule has 7 heteroatoms. The highest BCUT2D eigenvalue weighted by Crippen LogP contribution is 2.17. The number of hydrogen-bond donors (Lipinski definition) is 2. The molecule has 0 spiro atoms. The van der Waals surface area contributed by atoms with Crippen molar-refractivity contribution in [3.05, 3.63) is 84.1 Å². The minimum atomic E-state index is -0.690. The fourth-order valence-corrected chi connectivity index (χ4v) is 2.97. The molecule has 0 aliphatic rings. The van der Waals surface area contributed by atoms with Gasteiger partial charge in [-0.05, 0) is 48.4 Å². The first-order valence-electron chi connectivity index (χ1n) is 9.91. The molecule has 0 saturated heterocycles. The number of rotatable bonds is 9. The molecular weight excluding hydrogens is 394 g/mol. The van der Waals surface area contributed by atoms with E-state index in [0.29, 0.717) is 30.9 Å². The zero-order valence-corrected chi connectivity index (χ0v) is 17.3. The van der Waals surface area contributed by atoms with Gasteiger partial charge in [0.2, 0.25) is 0 Å². The second-order valence-corrected chi connectivity index (χ2v) is 6.87. The molecule has 1 atom stereocenters. The fourth-order valence-electron chi connectivity index (χ4n) is 2.97. The van der Waals surface area contributed by atoms with Crippen LogP contribution in [0.3, 0.4) is 0 Å². The molecule has 7 nitrogen and oxygen atoms in total. The number of hydrogen-bond acceptors (Lipinski definition) is 6. The Hall–Kier alpha value is -3.71. The van der Waals surface area contributed by atoms with Crippen LogP contribution in [0.4, 0.5) is 0 Å². The highest BCUT2D eigenvalue weighted by Gasteiger charge is 2.14. The van der Waals surface area contributed by atoms with Crippen LogP contribution in [-0.2, 0) is 16.0 Å². The maximum Gasteiger partial charge on any atom is 0.322 e. The van der Waals surface area contributed by atoms with E-state index in [2.05, 4.69) is 15.0 Å². The zero-order chi connectivity index (χ0) is 22.1. The Morgan fingerprint density at radius 2 is 1.77 bits per heavy atom. The van der Waals surface area contributed by atoms with Crippen molar-refractivity contribution in [3.63, 3.8) is 0 Å². The lowest BCUT2D eigenvalue weighted by Gasteiger charge is -2.11. The Balaban J connectivity index is 1.42. The van der Waals surface area contributed by atoms with E-state index in [9.17, 15) is 9.59 Å². The number of pyridine rings is 1. The minimum absolute atomic E-state index is 0.164. The molecule has 1 amide bonds. The van der Waals surface area contributed by atoms with E-state index >= 15 is 0 Å². The van der Waals surface area contributed by atoms with E-state index < -0.39 is 12.0 Å². The van der Waals surface area contributed by atoms with Gasteiger partial charge in [0.25, 0.3) is 5.91 Å². The van der Waals surface area contributed by atoms with Gasteiger partial charge in [0.1, 0.15) is 18.4 Å². The van der Waals surface area contributed by atoms with Crippen LogP contribution in [-0.4, -0.2) is 43.2 Å². The number of amides is 1. The van der Waals surface area contributed by atoms with Crippen molar-refractivity contribution in [2.45, 2.75) is 12.5 Å². The van der Waals surface area contributed by atoms with Crippen LogP contribution in [0.1, 0.15) is 15.9 Å². The third-order valence-corrected chi connectivity index (χ3v) is 4.65. The highest BCUT2D eigenvalue weighted by molar-refractivity contribution is 5.94. The molecule has 3 N–H and O–H groups in total. The van der Waals surface area contributed by atoms with Crippen molar-refractivity contribution >= 4 is 11.9 Å². The number of nitrogens with two attached hydrogens (primary N) is 1. The Kier molecular flexibility index (Phi) is 7.73. The topological polar surface area (TPSA) is 104 Å². The number of carbonyl (C=O) groups is 2. The third-order valence-electron chi connectivity index (χ3n) is 4.65. The molecule has 0 bridgehead atoms. The van der Waals surface area contributed by atoms with Crippen LogP contribution >= 0.6 is 0 Å². The average molecular weight is 419 g/mol. The Labute approximate surface area is 181 Å². The van der Waals surface area contributed by atoms with Crippen LogP contribution in [0.2, 0.25) is 0 Å². The third kappa shape index (κ3) is 6.38. The molecular formula is C24H25N3O4. The molecule has 3 rings (SSSR count). The summed E-state index contributed by atoms with van der Waals surface area (Å²) >= 11 is 0. The molecule has 1 heterocycles. The molecule has 2 aromatic carbocycles. The van der Waals surface area contributed by atoms with Crippen molar-refractivity contribution in [2.75, 3.05) is 20.3 Å². The van der Waals surface area contributed by atoms with Gasteiger partial charge in [-0.25, -0.2) is 0 Å². The van der Waals surface area contributed by atoms with E-state index in [0.717, 1.165) is 16.8 Å². The van der Waals surface area contributed by atoms with Gasteiger partial charge in [-0.3, -0.25) is 14.6 Å². The van der Waals surface area contributed by atoms with E-state index in [1.165, 1.54) is 7.11 Å². The second kappa shape index (κ2) is 10.9. The minimum Gasteiger partial charge on any atom is -0.492 e. The molecule has 160 valence electrons. The number of benzene rings is 2. The van der Waals surface area contributed by atoms with E-state index in [1.807, 2.05) is 42.5 Å². The number of nitrogens with zero attached hydrogens (tertiary/aromatic N) is 1. The highest BCUT2D eigenvalue weighted by atomic mass is 16.5. The number of ether oxygens (including phenoxy) is 2. The zero-order valence-electron chi connectivity index (χ0n) is 17.3. The normalized spacial score (nSPS) is 11.4. The van der Waals surface area contributed by atoms with Crippen molar-refractivity contribution in [1.82, 2.24) is 10.3 Å². The maximum atomic E-state index is 12.3. The second-order valence-electron chi connectivity index (χ2n) is 6.87. The van der Waals surface area contributed by atoms with Crippen molar-refractivity contribution < 1.29 is 19.1 Å². The standard InChI is InChI=1S/C24H25N3O4/c1-30-24(29)21(25)16-17-5-11-20(12-6-17)31-15-14-27-23(28)19-9-7-18(8-10-19)22-4-2-3-13-26-22/h2-13,21H,14-16,25H2,1H3,(H,27,28)/t21-/m0/s1. The van der Waals surface area contributed by atoms with Crippen LogP contribution in [0.15, 0.2) is 72.9 Å². The lowest BCUT2D eigenvalue weighted by Crippen LogP contribution is -2.33. The molecule has 0 radical (unpaired) electrons. The number of nitrogens with one attached hydrogen (secondary N) is 1. The van der Waals surface area contributed by atoms with Crippen LogP contribution in [0.25, 0.3) is 11.3 Å². The first-order valence-corrected chi connectivity index (χ1v) is 9.91. The predicted octanol–water partition coefficient (Wildman–Crippen LogP) is 2.60. The number of esters is 1. The van der Waals surface area contributed by atoms with Gasteiger partial charge >= 0.3 is 5.97 Å². The first kappa shape index (κ1) is 22.0. The summed E-state index contributed by atoms with van der Waals surface area (Å²) < 4.78 is 10.3. The average Bonchev–Trinajstić information content (AvgIpc) is 2.82. The van der Waals surface area contributed by atoms with Gasteiger partial charge in [0.05, 0.1) is 19.3 Å². The largest absolute Gasteiger partial charge is 0.492 e. The summed E-state index contributed by atoms with van der Waals surface area (Å²) in [6.45, 7) is 0.703. The Morgan fingerprint density at radius 1 is 1.03 bits per heavy atom. The monoisotopic (exact) mass is 419 g/mol. The summed E-state index contributed by atoms with van der Waals surface area (Å²) in [5.74, 6) is 0.0649. The fraction of sp³-hybridized carbons (Fsp3) is 0.208. The first-order chi connectivity index (χ1) is 15.1. The molecule has 0 fully saturated rings. The van der Waals surface area contributed by atoms with Crippen molar-refractivity contribution in [3.8, 4) is 17.0 Å². The van der Waals surface area contributed by atoms with Gasteiger partial charge in [-0.2, -0.15) is 0 Å². The Morgan fingerprint density at radius 3 is 2.42 bits per heavy atom. The quantitative estimate of drug-likeness (QED) is 0.408. The maximum absolute atomic E-state index is 12.3. The summed E-state index contributed by atoms with van der Waals surface area (Å²) in [4.78, 5) is 28.0. The van der Waals surface area contributed by atoms with Crippen LogP contribution < -0.4 is 15.8 Å². The summed E-state index contributed by atoms with van der Waals surface area (Å²) in [6, 6.07) is 19.6. The predicted molar refractivity (Wildman–Crippen MR) is 118 cm³/mol. The van der Waals surface area contributed by atoms with E-state index in [-0.39, 0.29) is 5.91 Å². The van der Waals surface area contributed by atoms with E-state index in [1.54, 1.807) is 30.5 Å². The number of carbonyl (C=O) groups excluding carboxylic acids is 2. The summed E-state index contributed by atoms with van der Waals surface area (Å²) in [7, 11) is 1.31. The molecule has 0 aliphatic carbocycles. The molecule has 31 heavy (non-hydrogen) atoms. The lowest BCUT2D eigenvalue weighted by molar-refractivity contribution is -0.142. The van der Waals surface area contributed by atoms with Gasteiger partial charge < -0.3 is 20.5 Å². The van der Waals surface area contributed by atoms with Crippen molar-refractivity contribution in [2.24, 2.45) is 5.73 Å². The number of aromatic nitrogens is 1. The number of methoxy groups -OCH3 is 1. The Bertz CT molecular complexity index is 990. The van der Waals surface area contributed by atoms with Gasteiger partial charge in [-0.15, -0.1) is 0 Å². The van der Waals surface area contributed by atoms with Crippen LogP contribution in [0.5, 0.6) is 5.75 Å². The summed E-state index contributed by atoms with van der Waals surface area (Å²) in [5, 5.41) is 2.84. The smallest absolute Gasteiger partial charge is 0.322 e. The molecule has 0 unspecified atom stereocenters. The van der Waals surface area contributed by atoms with Gasteiger partial charge in [0.15, 0.2) is 0 Å². The van der Waals surface area contributed by atoms with Gasteiger partial charge in [0, 0.05) is 17.3 Å². The van der Waals surface area contributed by atoms with E-state index in [4.69, 9.17) is 10.5 Å². The molecule has 0 saturated carbocycles. The summed E-state index contributed by atoms with van der Waals surface area (Å²) in [6.07, 6.45) is 2.13. The molecule has 0 aliphatic heterocycles.